The van der Waals surface area contributed by atoms with E-state index in [1.54, 1.807) is 0 Å². The molecule has 0 saturated carbocycles. The number of benzene rings is 1. The van der Waals surface area contributed by atoms with Crippen molar-refractivity contribution in [3.63, 3.8) is 0 Å². The highest BCUT2D eigenvalue weighted by atomic mass is 32.2. The van der Waals surface area contributed by atoms with Gasteiger partial charge in [-0.15, -0.1) is 11.3 Å². The van der Waals surface area contributed by atoms with Gasteiger partial charge in [-0.25, -0.2) is 8.42 Å². The van der Waals surface area contributed by atoms with Crippen LogP contribution in [0.1, 0.15) is 60.0 Å². The van der Waals surface area contributed by atoms with Gasteiger partial charge in [-0.2, -0.15) is 18.2 Å². The molecular formula is C23H29F3N2O4S2. The van der Waals surface area contributed by atoms with Gasteiger partial charge in [-0.1, -0.05) is 26.8 Å². The summed E-state index contributed by atoms with van der Waals surface area (Å²) in [7, 11) is -3.38. The molecule has 6 nitrogen and oxygen atoms in total. The Kier molecular flexibility index (Phi) is 7.79. The van der Waals surface area contributed by atoms with Gasteiger partial charge in [0.2, 0.25) is 0 Å². The Morgan fingerprint density at radius 1 is 1.26 bits per heavy atom. The van der Waals surface area contributed by atoms with Gasteiger partial charge >= 0.3 is 6.18 Å². The number of alkyl halides is 3. The van der Waals surface area contributed by atoms with E-state index < -0.39 is 27.5 Å². The second-order valence-electron chi connectivity index (χ2n) is 9.58. The topological polar surface area (TPSA) is 77.7 Å². The van der Waals surface area contributed by atoms with Crippen molar-refractivity contribution in [2.45, 2.75) is 64.3 Å². The summed E-state index contributed by atoms with van der Waals surface area (Å²) in [5.41, 5.74) is -1.22. The van der Waals surface area contributed by atoms with E-state index in [9.17, 15) is 26.4 Å². The standard InChI is InChI=1S/C23H29F3N2O4S2/c1-22(2,3)19-14-28(13-17-6-5-10-32-17)21(33-19)27-20(29)18-12-16(23(24,25)26)8-7-15(18)9-11-34(4,30)31/h7-8,12,14,17H,5-6,9-11,13H2,1-4H3/t17-/m1/s1. The predicted molar refractivity (Wildman–Crippen MR) is 125 cm³/mol. The van der Waals surface area contributed by atoms with Crippen molar-refractivity contribution in [2.24, 2.45) is 4.99 Å². The first-order chi connectivity index (χ1) is 15.6. The van der Waals surface area contributed by atoms with Crippen molar-refractivity contribution < 1.29 is 31.1 Å². The number of aromatic nitrogens is 1. The molecule has 0 N–H and O–H groups in total. The Labute approximate surface area is 201 Å². The van der Waals surface area contributed by atoms with Gasteiger partial charge in [-0.05, 0) is 42.4 Å². The molecule has 1 aliphatic rings. The molecule has 188 valence electrons. The summed E-state index contributed by atoms with van der Waals surface area (Å²) in [6.45, 7) is 7.23. The van der Waals surface area contributed by atoms with E-state index in [2.05, 4.69) is 4.99 Å². The van der Waals surface area contributed by atoms with Gasteiger partial charge in [0.15, 0.2) is 4.80 Å². The zero-order valence-corrected chi connectivity index (χ0v) is 21.2. The first kappa shape index (κ1) is 26.6. The smallest absolute Gasteiger partial charge is 0.376 e. The summed E-state index contributed by atoms with van der Waals surface area (Å²) in [6.07, 6.45) is 0.0280. The number of thiazole rings is 1. The highest BCUT2D eigenvalue weighted by Crippen LogP contribution is 2.31. The summed E-state index contributed by atoms with van der Waals surface area (Å²) in [4.78, 5) is 18.7. The lowest BCUT2D eigenvalue weighted by Gasteiger charge is -2.15. The molecule has 1 aromatic heterocycles. The van der Waals surface area contributed by atoms with Crippen molar-refractivity contribution in [2.75, 3.05) is 18.6 Å². The van der Waals surface area contributed by atoms with Crippen molar-refractivity contribution in [1.29, 1.82) is 0 Å². The molecule has 3 rings (SSSR count). The number of carbonyl (C=O) groups excluding carboxylic acids is 1. The molecule has 2 heterocycles. The fraction of sp³-hybridized carbons (Fsp3) is 0.565. The molecule has 2 aromatic rings. The zero-order valence-electron chi connectivity index (χ0n) is 19.6. The molecule has 1 saturated heterocycles. The van der Waals surface area contributed by atoms with Crippen LogP contribution >= 0.6 is 11.3 Å². The number of hydrogen-bond acceptors (Lipinski definition) is 5. The van der Waals surface area contributed by atoms with Crippen LogP contribution in [0.15, 0.2) is 29.4 Å². The number of halogens is 3. The van der Waals surface area contributed by atoms with Gasteiger partial charge < -0.3 is 9.30 Å². The van der Waals surface area contributed by atoms with E-state index in [1.165, 1.54) is 11.3 Å². The lowest BCUT2D eigenvalue weighted by molar-refractivity contribution is -0.137. The summed E-state index contributed by atoms with van der Waals surface area (Å²) >= 11 is 1.31. The van der Waals surface area contributed by atoms with Gasteiger partial charge in [0.25, 0.3) is 5.91 Å². The van der Waals surface area contributed by atoms with Crippen LogP contribution in [0.4, 0.5) is 13.2 Å². The highest BCUT2D eigenvalue weighted by molar-refractivity contribution is 7.90. The molecule has 0 bridgehead atoms. The Balaban J connectivity index is 2.07. The molecule has 1 atom stereocenters. The molecule has 1 aliphatic heterocycles. The normalized spacial score (nSPS) is 18.0. The number of ether oxygens (including phenoxy) is 1. The van der Waals surface area contributed by atoms with Crippen LogP contribution in [0, 0.1) is 0 Å². The zero-order chi connectivity index (χ0) is 25.3. The first-order valence-corrected chi connectivity index (χ1v) is 13.8. The summed E-state index contributed by atoms with van der Waals surface area (Å²) in [5, 5.41) is 0. The lowest BCUT2D eigenvalue weighted by Crippen LogP contribution is -2.24. The Morgan fingerprint density at radius 3 is 2.53 bits per heavy atom. The minimum Gasteiger partial charge on any atom is -0.376 e. The van der Waals surface area contributed by atoms with Crippen LogP contribution in [0.25, 0.3) is 0 Å². The fourth-order valence-electron chi connectivity index (χ4n) is 3.56. The molecule has 34 heavy (non-hydrogen) atoms. The maximum atomic E-state index is 13.3. The fourth-order valence-corrected chi connectivity index (χ4v) is 5.21. The van der Waals surface area contributed by atoms with Crippen LogP contribution in [0.2, 0.25) is 0 Å². The van der Waals surface area contributed by atoms with Gasteiger partial charge in [0.05, 0.1) is 24.0 Å². The van der Waals surface area contributed by atoms with E-state index in [0.717, 1.165) is 42.2 Å². The van der Waals surface area contributed by atoms with E-state index in [0.29, 0.717) is 18.0 Å². The monoisotopic (exact) mass is 518 g/mol. The van der Waals surface area contributed by atoms with Crippen LogP contribution in [0.5, 0.6) is 0 Å². The van der Waals surface area contributed by atoms with Crippen molar-refractivity contribution in [1.82, 2.24) is 4.57 Å². The van der Waals surface area contributed by atoms with E-state index in [1.807, 2.05) is 31.5 Å². The SMILES string of the molecule is CC(C)(C)c1cn(C[C@H]2CCCO2)c(=NC(=O)c2cc(C(F)(F)F)ccc2CCS(C)(=O)=O)s1. The second-order valence-corrected chi connectivity index (χ2v) is 12.9. The Morgan fingerprint density at radius 2 is 1.97 bits per heavy atom. The van der Waals surface area contributed by atoms with Crippen molar-refractivity contribution in [3.8, 4) is 0 Å². The number of rotatable bonds is 6. The van der Waals surface area contributed by atoms with Gasteiger partial charge in [0, 0.05) is 29.5 Å². The molecule has 0 aliphatic carbocycles. The molecule has 1 fully saturated rings. The number of carbonyl (C=O) groups is 1. The minimum absolute atomic E-state index is 0.0182. The molecule has 0 radical (unpaired) electrons. The van der Waals surface area contributed by atoms with Gasteiger partial charge in [-0.3, -0.25) is 4.79 Å². The summed E-state index contributed by atoms with van der Waals surface area (Å²) < 4.78 is 70.8. The third kappa shape index (κ3) is 7.02. The van der Waals surface area contributed by atoms with Crippen molar-refractivity contribution >= 4 is 27.1 Å². The third-order valence-electron chi connectivity index (χ3n) is 5.49. The third-order valence-corrected chi connectivity index (χ3v) is 7.88. The van der Waals surface area contributed by atoms with Crippen molar-refractivity contribution in [3.05, 3.63) is 50.8 Å². The molecule has 1 amide bonds. The highest BCUT2D eigenvalue weighted by Gasteiger charge is 2.32. The predicted octanol–water partition coefficient (Wildman–Crippen LogP) is 4.37. The summed E-state index contributed by atoms with van der Waals surface area (Å²) in [6, 6.07) is 2.77. The average Bonchev–Trinajstić information content (AvgIpc) is 3.35. The maximum Gasteiger partial charge on any atom is 0.416 e. The molecule has 11 heteroatoms. The lowest BCUT2D eigenvalue weighted by atomic mass is 9.95. The molecule has 1 aromatic carbocycles. The number of aryl methyl sites for hydroxylation is 1. The average molecular weight is 519 g/mol. The molecule has 0 spiro atoms. The van der Waals surface area contributed by atoms with E-state index in [4.69, 9.17) is 4.74 Å². The van der Waals surface area contributed by atoms with E-state index >= 15 is 0 Å². The maximum absolute atomic E-state index is 13.3. The van der Waals surface area contributed by atoms with Crippen LogP contribution in [0.3, 0.4) is 0 Å². The van der Waals surface area contributed by atoms with Crippen LogP contribution in [-0.2, 0) is 39.1 Å². The number of hydrogen-bond donors (Lipinski definition) is 0. The molecular weight excluding hydrogens is 489 g/mol. The van der Waals surface area contributed by atoms with E-state index in [-0.39, 0.29) is 34.8 Å². The number of sulfone groups is 1. The Bertz CT molecular complexity index is 1220. The Hall–Kier alpha value is -1.98. The van der Waals surface area contributed by atoms with Crippen LogP contribution in [-0.4, -0.2) is 43.6 Å². The first-order valence-electron chi connectivity index (χ1n) is 10.9. The molecule has 0 unspecified atom stereocenters. The van der Waals surface area contributed by atoms with Gasteiger partial charge in [0.1, 0.15) is 9.84 Å². The summed E-state index contributed by atoms with van der Waals surface area (Å²) in [5.74, 6) is -1.12. The minimum atomic E-state index is -4.65. The second kappa shape index (κ2) is 9.94. The number of nitrogens with zero attached hydrogens (tertiary/aromatic N) is 2. The number of amides is 1. The largest absolute Gasteiger partial charge is 0.416 e. The quantitative estimate of drug-likeness (QED) is 0.569. The van der Waals surface area contributed by atoms with Crippen LogP contribution < -0.4 is 4.80 Å².